The Bertz CT molecular complexity index is 1490. The number of fused-ring (bicyclic) bond motifs is 6. The Labute approximate surface area is 232 Å². The van der Waals surface area contributed by atoms with E-state index in [-0.39, 0.29) is 46.8 Å². The Balaban J connectivity index is 1.45. The van der Waals surface area contributed by atoms with Gasteiger partial charge >= 0.3 is 17.9 Å². The molecule has 0 saturated heterocycles. The van der Waals surface area contributed by atoms with Gasteiger partial charge in [-0.3, -0.25) is 14.5 Å². The number of aromatic hydroxyl groups is 2. The average Bonchev–Trinajstić information content (AvgIpc) is 3.16. The Hall–Kier alpha value is -4.88. The Morgan fingerprint density at radius 1 is 0.900 bits per heavy atom. The lowest BCUT2D eigenvalue weighted by Gasteiger charge is -2.36. The highest BCUT2D eigenvalue weighted by Crippen LogP contribution is 2.57. The van der Waals surface area contributed by atoms with E-state index in [0.29, 0.717) is 22.4 Å². The molecule has 0 saturated carbocycles. The number of carboxylic acids is 2. The van der Waals surface area contributed by atoms with Crippen molar-refractivity contribution in [1.82, 2.24) is 10.2 Å². The molecule has 0 unspecified atom stereocenters. The van der Waals surface area contributed by atoms with Crippen molar-refractivity contribution in [2.24, 2.45) is 0 Å². The maximum Gasteiger partial charge on any atom is 0.342 e. The zero-order chi connectivity index (χ0) is 28.6. The fourth-order valence-electron chi connectivity index (χ4n) is 4.94. The van der Waals surface area contributed by atoms with Crippen LogP contribution >= 0.6 is 12.2 Å². The standard InChI is InChI=1S/C27H23N3O9S/c31-14-4-6-16-20(10-14)38-21-11-15(32)5-7-17(21)27(16)18-2-1-3-19(24(18)25(37)39-27)29-26(40)28-8-9-30(12-22(33)34)13-23(35)36/h1-7,10-11,31-32H,8-9,12-13H2,(H,33,34)(H,35,36)(H2,28,29,40). The highest BCUT2D eigenvalue weighted by molar-refractivity contribution is 7.80. The number of rotatable bonds is 8. The zero-order valence-electron chi connectivity index (χ0n) is 20.7. The number of esters is 1. The number of anilines is 1. The first-order valence-corrected chi connectivity index (χ1v) is 12.4. The van der Waals surface area contributed by atoms with Crippen LogP contribution in [0.1, 0.15) is 27.0 Å². The Kier molecular flexibility index (Phi) is 6.92. The molecule has 12 nitrogen and oxygen atoms in total. The largest absolute Gasteiger partial charge is 0.508 e. The monoisotopic (exact) mass is 565 g/mol. The SMILES string of the molecule is O=C(O)CN(CCNC(=S)Nc1cccc2c1C(=O)OC21c2ccc(O)cc2Oc2cc(O)ccc21)CC(=O)O. The second-order valence-corrected chi connectivity index (χ2v) is 9.55. The van der Waals surface area contributed by atoms with Crippen LogP contribution in [0.4, 0.5) is 5.69 Å². The molecule has 3 aromatic carbocycles. The molecule has 2 aliphatic rings. The van der Waals surface area contributed by atoms with Crippen LogP contribution in [-0.2, 0) is 19.9 Å². The topological polar surface area (TPSA) is 178 Å². The highest BCUT2D eigenvalue weighted by Gasteiger charge is 2.54. The van der Waals surface area contributed by atoms with Crippen LogP contribution in [-0.4, -0.2) is 74.5 Å². The lowest BCUT2D eigenvalue weighted by atomic mass is 9.77. The van der Waals surface area contributed by atoms with E-state index in [4.69, 9.17) is 31.9 Å². The molecule has 0 aromatic heterocycles. The molecule has 1 spiro atoms. The molecule has 5 rings (SSSR count). The molecule has 2 heterocycles. The van der Waals surface area contributed by atoms with Crippen LogP contribution in [0.15, 0.2) is 54.6 Å². The molecular formula is C27H23N3O9S. The number of thiocarbonyl (C=S) groups is 1. The van der Waals surface area contributed by atoms with Crippen LogP contribution in [0.3, 0.4) is 0 Å². The molecule has 0 fully saturated rings. The van der Waals surface area contributed by atoms with E-state index in [1.165, 1.54) is 29.2 Å². The molecule has 206 valence electrons. The average molecular weight is 566 g/mol. The highest BCUT2D eigenvalue weighted by atomic mass is 32.1. The van der Waals surface area contributed by atoms with E-state index in [0.717, 1.165) is 0 Å². The molecule has 40 heavy (non-hydrogen) atoms. The molecule has 6 N–H and O–H groups in total. The van der Waals surface area contributed by atoms with Gasteiger partial charge in [0.15, 0.2) is 10.7 Å². The summed E-state index contributed by atoms with van der Waals surface area (Å²) in [5.41, 5.74) is 0.566. The van der Waals surface area contributed by atoms with Crippen LogP contribution in [0.2, 0.25) is 0 Å². The van der Waals surface area contributed by atoms with Gasteiger partial charge in [0.05, 0.1) is 24.3 Å². The van der Waals surface area contributed by atoms with Gasteiger partial charge in [-0.05, 0) is 42.5 Å². The van der Waals surface area contributed by atoms with Gasteiger partial charge in [-0.25, -0.2) is 4.79 Å². The number of carbonyl (C=O) groups excluding carboxylic acids is 1. The number of hydrogen-bond donors (Lipinski definition) is 6. The van der Waals surface area contributed by atoms with Crippen LogP contribution in [0.25, 0.3) is 0 Å². The third kappa shape index (κ3) is 4.83. The Morgan fingerprint density at radius 2 is 1.50 bits per heavy atom. The van der Waals surface area contributed by atoms with E-state index < -0.39 is 36.6 Å². The first-order valence-electron chi connectivity index (χ1n) is 12.0. The van der Waals surface area contributed by atoms with Gasteiger partial charge in [-0.2, -0.15) is 0 Å². The van der Waals surface area contributed by atoms with Crippen molar-refractivity contribution in [1.29, 1.82) is 0 Å². The van der Waals surface area contributed by atoms with Crippen LogP contribution in [0, 0.1) is 0 Å². The van der Waals surface area contributed by atoms with E-state index in [1.807, 2.05) is 0 Å². The third-order valence-electron chi connectivity index (χ3n) is 6.48. The van der Waals surface area contributed by atoms with E-state index >= 15 is 0 Å². The van der Waals surface area contributed by atoms with Gasteiger partial charge in [0, 0.05) is 41.9 Å². The summed E-state index contributed by atoms with van der Waals surface area (Å²) in [6.45, 7) is -0.667. The lowest BCUT2D eigenvalue weighted by Crippen LogP contribution is -2.41. The number of benzene rings is 3. The van der Waals surface area contributed by atoms with Gasteiger partial charge in [-0.15, -0.1) is 0 Å². The summed E-state index contributed by atoms with van der Waals surface area (Å²) in [6.07, 6.45) is 0. The fourth-order valence-corrected chi connectivity index (χ4v) is 5.15. The molecule has 3 aromatic rings. The summed E-state index contributed by atoms with van der Waals surface area (Å²) < 4.78 is 12.0. The maximum absolute atomic E-state index is 13.4. The van der Waals surface area contributed by atoms with Crippen LogP contribution < -0.4 is 15.4 Å². The van der Waals surface area contributed by atoms with Gasteiger partial charge in [0.25, 0.3) is 0 Å². The number of nitrogens with zero attached hydrogens (tertiary/aromatic N) is 1. The van der Waals surface area contributed by atoms with Gasteiger partial charge < -0.3 is 40.5 Å². The smallest absolute Gasteiger partial charge is 0.342 e. The maximum atomic E-state index is 13.4. The number of carbonyl (C=O) groups is 3. The normalized spacial score (nSPS) is 14.0. The summed E-state index contributed by atoms with van der Waals surface area (Å²) in [4.78, 5) is 36.7. The minimum Gasteiger partial charge on any atom is -0.508 e. The van der Waals surface area contributed by atoms with Crippen molar-refractivity contribution in [3.8, 4) is 23.0 Å². The lowest BCUT2D eigenvalue weighted by molar-refractivity contribution is -0.141. The molecule has 0 atom stereocenters. The molecule has 0 amide bonds. The number of aliphatic carboxylic acids is 2. The van der Waals surface area contributed by atoms with E-state index in [9.17, 15) is 24.6 Å². The summed E-state index contributed by atoms with van der Waals surface area (Å²) in [5, 5.41) is 44.1. The van der Waals surface area contributed by atoms with Gasteiger partial charge in [0.2, 0.25) is 0 Å². The molecule has 13 heteroatoms. The first kappa shape index (κ1) is 26.7. The summed E-state index contributed by atoms with van der Waals surface area (Å²) >= 11 is 5.38. The predicted molar refractivity (Wildman–Crippen MR) is 144 cm³/mol. The number of carboxylic acid groups (broad SMARTS) is 2. The molecule has 0 bridgehead atoms. The third-order valence-corrected chi connectivity index (χ3v) is 6.73. The number of nitrogens with one attached hydrogen (secondary N) is 2. The Morgan fingerprint density at radius 3 is 2.08 bits per heavy atom. The van der Waals surface area contributed by atoms with Crippen molar-refractivity contribution in [2.75, 3.05) is 31.5 Å². The number of phenols is 2. The predicted octanol–water partition coefficient (Wildman–Crippen LogP) is 2.42. The first-order chi connectivity index (χ1) is 19.1. The molecule has 0 radical (unpaired) electrons. The summed E-state index contributed by atoms with van der Waals surface area (Å²) in [7, 11) is 0. The van der Waals surface area contributed by atoms with Crippen molar-refractivity contribution in [3.63, 3.8) is 0 Å². The van der Waals surface area contributed by atoms with Crippen LogP contribution in [0.5, 0.6) is 23.0 Å². The molecular weight excluding hydrogens is 542 g/mol. The van der Waals surface area contributed by atoms with Crippen molar-refractivity contribution in [3.05, 3.63) is 76.9 Å². The number of hydrogen-bond acceptors (Lipinski definition) is 9. The van der Waals surface area contributed by atoms with Crippen molar-refractivity contribution < 1.29 is 44.3 Å². The second kappa shape index (κ2) is 10.4. The summed E-state index contributed by atoms with van der Waals surface area (Å²) in [5.74, 6) is -2.57. The van der Waals surface area contributed by atoms with E-state index in [2.05, 4.69) is 10.6 Å². The van der Waals surface area contributed by atoms with Gasteiger partial charge in [-0.1, -0.05) is 12.1 Å². The minimum atomic E-state index is -1.43. The fraction of sp³-hybridized carbons (Fsp3) is 0.185. The van der Waals surface area contributed by atoms with Gasteiger partial charge in [0.1, 0.15) is 23.0 Å². The van der Waals surface area contributed by atoms with Crippen molar-refractivity contribution >= 4 is 40.9 Å². The molecule has 0 aliphatic carbocycles. The second-order valence-electron chi connectivity index (χ2n) is 9.14. The number of ether oxygens (including phenoxy) is 2. The van der Waals surface area contributed by atoms with E-state index in [1.54, 1.807) is 30.3 Å². The minimum absolute atomic E-state index is 0.0563. The van der Waals surface area contributed by atoms with Crippen molar-refractivity contribution in [2.45, 2.75) is 5.60 Å². The number of phenolic OH excluding ortho intramolecular Hbond substituents is 2. The summed E-state index contributed by atoms with van der Waals surface area (Å²) in [6, 6.07) is 14.0. The molecule has 2 aliphatic heterocycles. The quantitative estimate of drug-likeness (QED) is 0.173. The zero-order valence-corrected chi connectivity index (χ0v) is 21.5.